The molecular weight excluding hydrogens is 448 g/mol. The molecule has 0 aromatic heterocycles. The Balaban J connectivity index is 0.00000222. The highest BCUT2D eigenvalue weighted by Gasteiger charge is 2.27. The van der Waals surface area contributed by atoms with E-state index in [-0.39, 0.29) is 18.0 Å². The number of aliphatic imine (C=N–C) groups is 2. The lowest BCUT2D eigenvalue weighted by Crippen LogP contribution is -2.43. The van der Waals surface area contributed by atoms with Crippen molar-refractivity contribution in [1.29, 1.82) is 0 Å². The summed E-state index contributed by atoms with van der Waals surface area (Å²) in [5.41, 5.74) is 14.8. The number of nitrogens with one attached hydrogen (secondary N) is 1. The van der Waals surface area contributed by atoms with E-state index in [1.165, 1.54) is 11.9 Å². The number of carbonyl (C=O) groups is 1. The van der Waals surface area contributed by atoms with Crippen molar-refractivity contribution < 1.29 is 4.79 Å². The minimum Gasteiger partial charge on any atom is -0.333 e. The monoisotopic (exact) mass is 490 g/mol. The van der Waals surface area contributed by atoms with E-state index in [0.29, 0.717) is 41.7 Å². The van der Waals surface area contributed by atoms with E-state index in [1.54, 1.807) is 13.3 Å². The van der Waals surface area contributed by atoms with Crippen molar-refractivity contribution in [2.24, 2.45) is 33.3 Å². The van der Waals surface area contributed by atoms with Crippen LogP contribution in [0.5, 0.6) is 0 Å². The van der Waals surface area contributed by atoms with Crippen molar-refractivity contribution in [3.63, 3.8) is 0 Å². The van der Waals surface area contributed by atoms with E-state index in [1.807, 2.05) is 18.2 Å². The van der Waals surface area contributed by atoms with Crippen LogP contribution in [0.4, 0.5) is 4.79 Å². The maximum absolute atomic E-state index is 13.2. The summed E-state index contributed by atoms with van der Waals surface area (Å²) in [6, 6.07) is 13.9. The summed E-state index contributed by atoms with van der Waals surface area (Å²) in [6.07, 6.45) is 3.12. The number of amides is 2. The molecule has 3 rings (SSSR count). The molecule has 2 atom stereocenters. The van der Waals surface area contributed by atoms with Crippen molar-refractivity contribution in [3.8, 4) is 0 Å². The summed E-state index contributed by atoms with van der Waals surface area (Å²) in [6.45, 7) is 13.2. The molecular formula is C29H42N6O. The van der Waals surface area contributed by atoms with E-state index >= 15 is 0 Å². The molecule has 0 saturated heterocycles. The van der Waals surface area contributed by atoms with Crippen LogP contribution in [-0.4, -0.2) is 49.5 Å². The quantitative estimate of drug-likeness (QED) is 0.459. The van der Waals surface area contributed by atoms with Gasteiger partial charge in [-0.05, 0) is 35.2 Å². The third-order valence-corrected chi connectivity index (χ3v) is 6.32. The van der Waals surface area contributed by atoms with Gasteiger partial charge in [0.1, 0.15) is 5.71 Å². The molecule has 0 radical (unpaired) electrons. The fourth-order valence-electron chi connectivity index (χ4n) is 3.86. The molecule has 194 valence electrons. The Morgan fingerprint density at radius 3 is 2.47 bits per heavy atom. The number of fused-ring (bicyclic) bond motifs is 1. The van der Waals surface area contributed by atoms with Crippen LogP contribution in [-0.2, 0) is 6.42 Å². The number of benzene rings is 2. The molecule has 2 unspecified atom stereocenters. The first-order valence-corrected chi connectivity index (χ1v) is 12.6. The minimum absolute atomic E-state index is 0.178. The Bertz CT molecular complexity index is 1140. The van der Waals surface area contributed by atoms with Crippen LogP contribution in [0.3, 0.4) is 0 Å². The average molecular weight is 491 g/mol. The normalized spacial score (nSPS) is 18.4. The third kappa shape index (κ3) is 7.12. The lowest BCUT2D eigenvalue weighted by molar-refractivity contribution is 0.223. The largest absolute Gasteiger partial charge is 0.333 e. The molecule has 0 aliphatic carbocycles. The minimum atomic E-state index is -0.347. The number of nitrogens with zero attached hydrogens (tertiary/aromatic N) is 3. The topological polar surface area (TPSA) is 109 Å². The predicted molar refractivity (Wildman–Crippen MR) is 153 cm³/mol. The number of nitrogens with two attached hydrogens (primary N) is 2. The molecule has 0 saturated carbocycles. The van der Waals surface area contributed by atoms with Gasteiger partial charge in [-0.25, -0.2) is 9.79 Å². The van der Waals surface area contributed by atoms with Crippen LogP contribution in [0.2, 0.25) is 0 Å². The van der Waals surface area contributed by atoms with Gasteiger partial charge in [-0.2, -0.15) is 0 Å². The second kappa shape index (κ2) is 13.7. The van der Waals surface area contributed by atoms with Crippen molar-refractivity contribution >= 4 is 28.7 Å². The fraction of sp³-hybridized carbons (Fsp3) is 0.414. The Labute approximate surface area is 216 Å². The Morgan fingerprint density at radius 1 is 1.14 bits per heavy atom. The lowest BCUT2D eigenvalue weighted by atomic mass is 9.93. The van der Waals surface area contributed by atoms with E-state index in [4.69, 9.17) is 10.7 Å². The highest BCUT2D eigenvalue weighted by atomic mass is 16.2. The SMILES string of the molecule is C=C1C(C=NCC(C)C)=N/C(C(N)C(C)CC)=C(/Cc2cccc3ccccc23)NC(=O)N1C.CN. The maximum Gasteiger partial charge on any atom is 0.325 e. The zero-order chi connectivity index (χ0) is 26.8. The molecule has 7 nitrogen and oxygen atoms in total. The van der Waals surface area contributed by atoms with Crippen LogP contribution in [0, 0.1) is 11.8 Å². The van der Waals surface area contributed by atoms with Crippen molar-refractivity contribution in [3.05, 3.63) is 71.7 Å². The molecule has 5 N–H and O–H groups in total. The van der Waals surface area contributed by atoms with Gasteiger partial charge in [-0.15, -0.1) is 0 Å². The Morgan fingerprint density at radius 2 is 1.81 bits per heavy atom. The zero-order valence-corrected chi connectivity index (χ0v) is 22.6. The zero-order valence-electron chi connectivity index (χ0n) is 22.6. The van der Waals surface area contributed by atoms with E-state index in [9.17, 15) is 4.79 Å². The van der Waals surface area contributed by atoms with Gasteiger partial charge in [0.2, 0.25) is 0 Å². The summed E-state index contributed by atoms with van der Waals surface area (Å²) in [5.74, 6) is 0.594. The highest BCUT2D eigenvalue weighted by Crippen LogP contribution is 2.26. The lowest BCUT2D eigenvalue weighted by Gasteiger charge is -2.29. The van der Waals surface area contributed by atoms with Crippen LogP contribution < -0.4 is 16.8 Å². The Hall–Kier alpha value is -3.29. The summed E-state index contributed by atoms with van der Waals surface area (Å²) < 4.78 is 0. The molecule has 0 spiro atoms. The molecule has 1 heterocycles. The first kappa shape index (κ1) is 28.9. The third-order valence-electron chi connectivity index (χ3n) is 6.32. The molecule has 2 aromatic rings. The summed E-state index contributed by atoms with van der Waals surface area (Å²) in [5, 5.41) is 5.39. The smallest absolute Gasteiger partial charge is 0.325 e. The van der Waals surface area contributed by atoms with E-state index in [2.05, 4.69) is 74.6 Å². The van der Waals surface area contributed by atoms with E-state index in [0.717, 1.165) is 22.8 Å². The second-order valence-electron chi connectivity index (χ2n) is 9.41. The van der Waals surface area contributed by atoms with Gasteiger partial charge < -0.3 is 16.8 Å². The molecule has 1 aliphatic heterocycles. The number of urea groups is 1. The summed E-state index contributed by atoms with van der Waals surface area (Å²) in [7, 11) is 3.19. The van der Waals surface area contributed by atoms with Gasteiger partial charge in [0.25, 0.3) is 0 Å². The molecule has 0 bridgehead atoms. The number of allylic oxidation sites excluding steroid dienone is 2. The van der Waals surface area contributed by atoms with Crippen LogP contribution in [0.1, 0.15) is 39.7 Å². The van der Waals surface area contributed by atoms with Crippen molar-refractivity contribution in [2.45, 2.75) is 46.6 Å². The van der Waals surface area contributed by atoms with E-state index < -0.39 is 0 Å². The molecule has 36 heavy (non-hydrogen) atoms. The number of hydrogen-bond donors (Lipinski definition) is 3. The molecule has 1 aliphatic rings. The van der Waals surface area contributed by atoms with Gasteiger partial charge >= 0.3 is 6.03 Å². The standard InChI is InChI=1S/C28H37N5O.CH5N/c1-7-19(4)26(29)27-24(15-22-13-10-12-21-11-8-9-14-23(21)22)32-28(34)33(6)20(5)25(31-27)17-30-16-18(2)3;1-2/h8-14,17-19,26H,5,7,15-16,29H2,1-4,6H3,(H,32,34);2H2,1H3/b27-24-,30-17?,31-25?;. The second-order valence-corrected chi connectivity index (χ2v) is 9.41. The van der Waals surface area contributed by atoms with Gasteiger partial charge in [0.15, 0.2) is 0 Å². The molecule has 2 aromatic carbocycles. The average Bonchev–Trinajstić information content (AvgIpc) is 2.89. The van der Waals surface area contributed by atoms with Crippen LogP contribution in [0.15, 0.2) is 76.1 Å². The fourth-order valence-corrected chi connectivity index (χ4v) is 3.86. The predicted octanol–water partition coefficient (Wildman–Crippen LogP) is 4.88. The maximum atomic E-state index is 13.2. The van der Waals surface area contributed by atoms with Crippen molar-refractivity contribution in [1.82, 2.24) is 10.2 Å². The Kier molecular flexibility index (Phi) is 11.0. The van der Waals surface area contributed by atoms with Crippen LogP contribution >= 0.6 is 0 Å². The highest BCUT2D eigenvalue weighted by molar-refractivity contribution is 6.38. The van der Waals surface area contributed by atoms with Gasteiger partial charge in [0, 0.05) is 31.9 Å². The van der Waals surface area contributed by atoms with Gasteiger partial charge in [-0.3, -0.25) is 9.89 Å². The number of rotatable bonds is 8. The first-order valence-electron chi connectivity index (χ1n) is 12.6. The van der Waals surface area contributed by atoms with Crippen molar-refractivity contribution in [2.75, 3.05) is 20.6 Å². The number of carbonyl (C=O) groups excluding carboxylic acids is 1. The summed E-state index contributed by atoms with van der Waals surface area (Å²) in [4.78, 5) is 24.2. The molecule has 0 fully saturated rings. The molecule has 7 heteroatoms. The summed E-state index contributed by atoms with van der Waals surface area (Å²) >= 11 is 0. The van der Waals surface area contributed by atoms with Gasteiger partial charge in [0.05, 0.1) is 17.4 Å². The number of hydrogen-bond acceptors (Lipinski definition) is 5. The first-order chi connectivity index (χ1) is 17.2. The van der Waals surface area contributed by atoms with Gasteiger partial charge in [-0.1, -0.05) is 83.2 Å². The van der Waals surface area contributed by atoms with Crippen LogP contribution in [0.25, 0.3) is 10.8 Å². The molecule has 2 amide bonds.